The van der Waals surface area contributed by atoms with Crippen LogP contribution >= 0.6 is 0 Å². The second kappa shape index (κ2) is 16.6. The molecule has 15 heteroatoms. The fourth-order valence-electron chi connectivity index (χ4n) is 2.62. The molecule has 33 heavy (non-hydrogen) atoms. The molecule has 0 radical (unpaired) electrons. The van der Waals surface area contributed by atoms with E-state index >= 15 is 0 Å². The van der Waals surface area contributed by atoms with Crippen LogP contribution in [0, 0.1) is 0 Å². The molecule has 0 heterocycles. The Morgan fingerprint density at radius 1 is 0.788 bits per heavy atom. The van der Waals surface area contributed by atoms with E-state index in [9.17, 15) is 24.3 Å². The second-order valence-corrected chi connectivity index (χ2v) is 7.23. The van der Waals surface area contributed by atoms with E-state index < -0.39 is 61.1 Å². The zero-order chi connectivity index (χ0) is 25.4. The molecule has 4 unspecified atom stereocenters. The summed E-state index contributed by atoms with van der Waals surface area (Å²) in [5.74, 6) is -4.08. The molecule has 0 saturated heterocycles. The zero-order valence-corrected chi connectivity index (χ0v) is 18.4. The molecular weight excluding hydrogens is 440 g/mol. The van der Waals surface area contributed by atoms with E-state index in [1.165, 1.54) is 0 Å². The number of hydrogen-bond acceptors (Lipinski definition) is 9. The van der Waals surface area contributed by atoms with Gasteiger partial charge in [-0.3, -0.25) is 19.4 Å². The molecule has 14 N–H and O–H groups in total. The highest BCUT2D eigenvalue weighted by Gasteiger charge is 2.29. The van der Waals surface area contributed by atoms with Crippen molar-refractivity contribution in [1.29, 1.82) is 0 Å². The molecule has 0 aromatic heterocycles. The maximum Gasteiger partial charge on any atom is 0.328 e. The fourth-order valence-corrected chi connectivity index (χ4v) is 2.62. The zero-order valence-electron chi connectivity index (χ0n) is 18.4. The van der Waals surface area contributed by atoms with Crippen molar-refractivity contribution in [3.8, 4) is 0 Å². The lowest BCUT2D eigenvalue weighted by molar-refractivity contribution is -0.143. The topological polar surface area (TPSA) is 282 Å². The minimum Gasteiger partial charge on any atom is -0.480 e. The Balaban J connectivity index is 5.22. The van der Waals surface area contributed by atoms with Gasteiger partial charge in [-0.2, -0.15) is 0 Å². The number of hydrogen-bond donors (Lipinski definition) is 10. The first-order valence-corrected chi connectivity index (χ1v) is 10.4. The molecule has 0 aromatic carbocycles. The average molecular weight is 477 g/mol. The molecule has 0 aromatic rings. The van der Waals surface area contributed by atoms with Crippen LogP contribution in [-0.2, 0) is 19.2 Å². The molecular formula is C18H36N8O7. The van der Waals surface area contributed by atoms with E-state index in [0.29, 0.717) is 32.2 Å². The normalized spacial score (nSPS) is 14.3. The van der Waals surface area contributed by atoms with Crippen LogP contribution in [0.4, 0.5) is 0 Å². The van der Waals surface area contributed by atoms with Crippen molar-refractivity contribution >= 4 is 29.7 Å². The summed E-state index contributed by atoms with van der Waals surface area (Å²) in [5.41, 5.74) is 21.8. The van der Waals surface area contributed by atoms with E-state index in [1.807, 2.05) is 5.32 Å². The molecule has 0 bridgehead atoms. The summed E-state index contributed by atoms with van der Waals surface area (Å²) in [7, 11) is 0. The number of carboxylic acid groups (broad SMARTS) is 1. The second-order valence-electron chi connectivity index (χ2n) is 7.23. The number of guanidine groups is 1. The molecule has 15 nitrogen and oxygen atoms in total. The molecule has 0 rings (SSSR count). The molecule has 3 amide bonds. The Morgan fingerprint density at radius 3 is 1.85 bits per heavy atom. The number of carbonyl (C=O) groups is 4. The lowest BCUT2D eigenvalue weighted by Gasteiger charge is -2.24. The van der Waals surface area contributed by atoms with Crippen molar-refractivity contribution < 1.29 is 34.5 Å². The van der Waals surface area contributed by atoms with E-state index in [0.717, 1.165) is 0 Å². The average Bonchev–Trinajstić information content (AvgIpc) is 2.76. The summed E-state index contributed by atoms with van der Waals surface area (Å²) in [6.45, 7) is -1.12. The first kappa shape index (κ1) is 30.0. The van der Waals surface area contributed by atoms with Gasteiger partial charge in [-0.25, -0.2) is 4.79 Å². The van der Waals surface area contributed by atoms with Crippen LogP contribution < -0.4 is 38.9 Å². The van der Waals surface area contributed by atoms with Gasteiger partial charge in [0.2, 0.25) is 17.7 Å². The van der Waals surface area contributed by atoms with Gasteiger partial charge < -0.3 is 54.2 Å². The Morgan fingerprint density at radius 2 is 1.33 bits per heavy atom. The number of aliphatic imine (C=N–C) groups is 1. The molecule has 0 fully saturated rings. The number of aliphatic hydroxyl groups is 2. The summed E-state index contributed by atoms with van der Waals surface area (Å²) in [5, 5.41) is 34.1. The summed E-state index contributed by atoms with van der Waals surface area (Å²) < 4.78 is 0. The highest BCUT2D eigenvalue weighted by Crippen LogP contribution is 2.03. The Hall–Kier alpha value is -3.01. The third kappa shape index (κ3) is 12.6. The summed E-state index contributed by atoms with van der Waals surface area (Å²) in [6.07, 6.45) is 2.03. The summed E-state index contributed by atoms with van der Waals surface area (Å²) in [6, 6.07) is -5.17. The predicted molar refractivity (Wildman–Crippen MR) is 118 cm³/mol. The molecule has 0 saturated carbocycles. The van der Waals surface area contributed by atoms with E-state index in [1.54, 1.807) is 0 Å². The maximum absolute atomic E-state index is 12.7. The van der Waals surface area contributed by atoms with Crippen LogP contribution in [0.1, 0.15) is 32.1 Å². The van der Waals surface area contributed by atoms with Gasteiger partial charge in [0.1, 0.15) is 18.1 Å². The molecule has 4 atom stereocenters. The van der Waals surface area contributed by atoms with Gasteiger partial charge in [0.15, 0.2) is 5.96 Å². The molecule has 0 aliphatic heterocycles. The van der Waals surface area contributed by atoms with Crippen molar-refractivity contribution in [3.05, 3.63) is 0 Å². The molecule has 0 aliphatic rings. The van der Waals surface area contributed by atoms with Gasteiger partial charge in [0.25, 0.3) is 0 Å². The number of aliphatic carboxylic acids is 1. The highest BCUT2D eigenvalue weighted by atomic mass is 16.4. The van der Waals surface area contributed by atoms with Crippen LogP contribution in [0.2, 0.25) is 0 Å². The van der Waals surface area contributed by atoms with Crippen molar-refractivity contribution in [2.75, 3.05) is 26.3 Å². The van der Waals surface area contributed by atoms with Crippen LogP contribution in [0.5, 0.6) is 0 Å². The monoisotopic (exact) mass is 476 g/mol. The molecule has 190 valence electrons. The highest BCUT2D eigenvalue weighted by molar-refractivity contribution is 5.94. The lowest BCUT2D eigenvalue weighted by Crippen LogP contribution is -2.58. The van der Waals surface area contributed by atoms with Crippen molar-refractivity contribution in [3.63, 3.8) is 0 Å². The Bertz CT molecular complexity index is 672. The summed E-state index contributed by atoms with van der Waals surface area (Å²) in [4.78, 5) is 52.1. The SMILES string of the molecule is NCCCCC(N)C(=O)NC(CCCN=C(N)N)C(=O)NC(CO)C(=O)NC(CO)C(=O)O. The number of nitrogens with zero attached hydrogens (tertiary/aromatic N) is 1. The minimum absolute atomic E-state index is 0.0814. The van der Waals surface area contributed by atoms with Gasteiger partial charge in [0.05, 0.1) is 19.3 Å². The number of aliphatic hydroxyl groups excluding tert-OH is 2. The predicted octanol–water partition coefficient (Wildman–Crippen LogP) is -4.98. The number of rotatable bonds is 17. The van der Waals surface area contributed by atoms with Gasteiger partial charge in [-0.05, 0) is 32.2 Å². The van der Waals surface area contributed by atoms with Crippen LogP contribution in [-0.4, -0.2) is 95.4 Å². The quantitative estimate of drug-likeness (QED) is 0.0538. The third-order valence-electron chi connectivity index (χ3n) is 4.50. The van der Waals surface area contributed by atoms with Crippen molar-refractivity contribution in [2.24, 2.45) is 27.9 Å². The number of unbranched alkanes of at least 4 members (excludes halogenated alkanes) is 1. The molecule has 0 aliphatic carbocycles. The van der Waals surface area contributed by atoms with Crippen molar-refractivity contribution in [2.45, 2.75) is 56.3 Å². The number of carbonyl (C=O) groups excluding carboxylic acids is 3. The third-order valence-corrected chi connectivity index (χ3v) is 4.50. The van der Waals surface area contributed by atoms with E-state index in [4.69, 9.17) is 33.1 Å². The van der Waals surface area contributed by atoms with E-state index in [-0.39, 0.29) is 18.9 Å². The number of nitrogens with one attached hydrogen (secondary N) is 3. The smallest absolute Gasteiger partial charge is 0.328 e. The van der Waals surface area contributed by atoms with E-state index in [2.05, 4.69) is 15.6 Å². The Labute approximate surface area is 191 Å². The van der Waals surface area contributed by atoms with Gasteiger partial charge >= 0.3 is 5.97 Å². The van der Waals surface area contributed by atoms with Crippen molar-refractivity contribution in [1.82, 2.24) is 16.0 Å². The van der Waals surface area contributed by atoms with Crippen LogP contribution in [0.15, 0.2) is 4.99 Å². The first-order chi connectivity index (χ1) is 15.6. The molecule has 0 spiro atoms. The van der Waals surface area contributed by atoms with Gasteiger partial charge in [-0.15, -0.1) is 0 Å². The van der Waals surface area contributed by atoms with Crippen LogP contribution in [0.25, 0.3) is 0 Å². The van der Waals surface area contributed by atoms with Gasteiger partial charge in [-0.1, -0.05) is 6.42 Å². The number of nitrogens with two attached hydrogens (primary N) is 4. The van der Waals surface area contributed by atoms with Crippen LogP contribution in [0.3, 0.4) is 0 Å². The standard InChI is InChI=1S/C18H36N8O7/c19-6-2-1-4-10(20)14(29)24-11(5-3-7-23-18(21)22)15(30)25-12(8-27)16(31)26-13(9-28)17(32)33/h10-13,27-28H,1-9,19-20H2,(H,24,29)(H,25,30)(H,26,31)(H,32,33)(H4,21,22,23). The lowest BCUT2D eigenvalue weighted by atomic mass is 10.1. The number of carboxylic acids is 1. The maximum atomic E-state index is 12.7. The largest absolute Gasteiger partial charge is 0.480 e. The van der Waals surface area contributed by atoms with Gasteiger partial charge in [0, 0.05) is 6.54 Å². The fraction of sp³-hybridized carbons (Fsp3) is 0.722. The number of amides is 3. The Kier molecular flexibility index (Phi) is 15.1. The first-order valence-electron chi connectivity index (χ1n) is 10.4. The minimum atomic E-state index is -1.62. The summed E-state index contributed by atoms with van der Waals surface area (Å²) >= 11 is 0.